The third kappa shape index (κ3) is 4.10. The molecule has 0 amide bonds. The number of hydrogen-bond donors (Lipinski definition) is 0. The normalized spacial score (nSPS) is 20.4. The molecule has 1 fully saturated rings. The molecule has 0 aliphatic carbocycles. The van der Waals surface area contributed by atoms with Crippen molar-refractivity contribution in [2.24, 2.45) is 0 Å². The maximum Gasteiger partial charge on any atom is 0.573 e. The van der Waals surface area contributed by atoms with E-state index in [1.165, 1.54) is 12.1 Å². The number of ether oxygens (including phenoxy) is 2. The molecule has 0 saturated carbocycles. The first kappa shape index (κ1) is 15.6. The lowest BCUT2D eigenvalue weighted by molar-refractivity contribution is -0.275. The number of methoxy groups -OCH3 is 1. The molecular formula is C13H15BrF3NO2. The van der Waals surface area contributed by atoms with Crippen LogP contribution in [-0.4, -0.2) is 37.6 Å². The molecule has 7 heteroatoms. The molecule has 1 aromatic carbocycles. The molecule has 1 aliphatic rings. The zero-order chi connectivity index (χ0) is 14.8. The molecule has 20 heavy (non-hydrogen) atoms. The van der Waals surface area contributed by atoms with Gasteiger partial charge in [0, 0.05) is 36.8 Å². The summed E-state index contributed by atoms with van der Waals surface area (Å²) in [5, 5.41) is 0. The third-order valence-electron chi connectivity index (χ3n) is 3.25. The SMILES string of the molecule is CO[C@@H]1CCN(Cc2c(Br)cccc2OC(F)(F)F)C1. The highest BCUT2D eigenvalue weighted by molar-refractivity contribution is 9.10. The van der Waals surface area contributed by atoms with Gasteiger partial charge in [0.2, 0.25) is 0 Å². The van der Waals surface area contributed by atoms with Crippen LogP contribution >= 0.6 is 15.9 Å². The molecule has 0 spiro atoms. The summed E-state index contributed by atoms with van der Waals surface area (Å²) in [6.45, 7) is 1.90. The van der Waals surface area contributed by atoms with Crippen molar-refractivity contribution in [3.8, 4) is 5.75 Å². The van der Waals surface area contributed by atoms with Crippen LogP contribution in [0.4, 0.5) is 13.2 Å². The highest BCUT2D eigenvalue weighted by atomic mass is 79.9. The van der Waals surface area contributed by atoms with Gasteiger partial charge in [-0.15, -0.1) is 13.2 Å². The fourth-order valence-electron chi connectivity index (χ4n) is 2.27. The van der Waals surface area contributed by atoms with Gasteiger partial charge in [0.1, 0.15) is 5.75 Å². The Morgan fingerprint density at radius 2 is 2.15 bits per heavy atom. The molecule has 0 N–H and O–H groups in total. The van der Waals surface area contributed by atoms with E-state index in [2.05, 4.69) is 25.6 Å². The topological polar surface area (TPSA) is 21.7 Å². The third-order valence-corrected chi connectivity index (χ3v) is 3.99. The number of nitrogens with zero attached hydrogens (tertiary/aromatic N) is 1. The summed E-state index contributed by atoms with van der Waals surface area (Å²) in [6.07, 6.45) is -3.66. The summed E-state index contributed by atoms with van der Waals surface area (Å²) in [7, 11) is 1.64. The highest BCUT2D eigenvalue weighted by Gasteiger charge is 2.33. The lowest BCUT2D eigenvalue weighted by atomic mass is 10.2. The first-order chi connectivity index (χ1) is 9.39. The number of halogens is 4. The molecule has 112 valence electrons. The van der Waals surface area contributed by atoms with Crippen LogP contribution in [0.5, 0.6) is 5.75 Å². The highest BCUT2D eigenvalue weighted by Crippen LogP contribution is 2.33. The van der Waals surface area contributed by atoms with Crippen LogP contribution in [0.15, 0.2) is 22.7 Å². The van der Waals surface area contributed by atoms with E-state index in [1.54, 1.807) is 13.2 Å². The van der Waals surface area contributed by atoms with E-state index in [0.717, 1.165) is 13.0 Å². The number of benzene rings is 1. The van der Waals surface area contributed by atoms with Gasteiger partial charge in [0.15, 0.2) is 0 Å². The average Bonchev–Trinajstić information content (AvgIpc) is 2.79. The van der Waals surface area contributed by atoms with E-state index in [9.17, 15) is 13.2 Å². The Hall–Kier alpha value is -0.790. The smallest absolute Gasteiger partial charge is 0.405 e. The fourth-order valence-corrected chi connectivity index (χ4v) is 2.74. The van der Waals surface area contributed by atoms with Gasteiger partial charge in [0.25, 0.3) is 0 Å². The van der Waals surface area contributed by atoms with Crippen molar-refractivity contribution in [2.75, 3.05) is 20.2 Å². The number of hydrogen-bond acceptors (Lipinski definition) is 3. The molecule has 0 aromatic heterocycles. The van der Waals surface area contributed by atoms with Crippen LogP contribution in [-0.2, 0) is 11.3 Å². The monoisotopic (exact) mass is 353 g/mol. The second-order valence-corrected chi connectivity index (χ2v) is 5.50. The number of likely N-dealkylation sites (tertiary alicyclic amines) is 1. The summed E-state index contributed by atoms with van der Waals surface area (Å²) in [4.78, 5) is 2.05. The van der Waals surface area contributed by atoms with E-state index in [0.29, 0.717) is 23.1 Å². The zero-order valence-corrected chi connectivity index (χ0v) is 12.5. The lowest BCUT2D eigenvalue weighted by Crippen LogP contribution is -2.24. The maximum absolute atomic E-state index is 12.4. The predicted molar refractivity (Wildman–Crippen MR) is 71.5 cm³/mol. The van der Waals surface area contributed by atoms with E-state index in [4.69, 9.17) is 4.74 Å². The minimum absolute atomic E-state index is 0.143. The molecule has 0 bridgehead atoms. The maximum atomic E-state index is 12.4. The minimum Gasteiger partial charge on any atom is -0.405 e. The van der Waals surface area contributed by atoms with Gasteiger partial charge in [-0.05, 0) is 18.6 Å². The molecule has 1 heterocycles. The Labute approximate surface area is 123 Å². The summed E-state index contributed by atoms with van der Waals surface area (Å²) in [5.41, 5.74) is 0.501. The Balaban J connectivity index is 2.14. The minimum atomic E-state index is -4.68. The molecule has 1 atom stereocenters. The zero-order valence-electron chi connectivity index (χ0n) is 10.9. The molecule has 2 rings (SSSR count). The van der Waals surface area contributed by atoms with Gasteiger partial charge in [-0.3, -0.25) is 4.90 Å². The second-order valence-electron chi connectivity index (χ2n) is 4.65. The van der Waals surface area contributed by atoms with E-state index >= 15 is 0 Å². The fraction of sp³-hybridized carbons (Fsp3) is 0.538. The number of alkyl halides is 3. The summed E-state index contributed by atoms with van der Waals surface area (Å²) >= 11 is 3.29. The molecule has 1 saturated heterocycles. The van der Waals surface area contributed by atoms with Gasteiger partial charge in [-0.2, -0.15) is 0 Å². The van der Waals surface area contributed by atoms with Crippen LogP contribution in [0.1, 0.15) is 12.0 Å². The van der Waals surface area contributed by atoms with Crippen LogP contribution in [0.3, 0.4) is 0 Å². The van der Waals surface area contributed by atoms with Gasteiger partial charge in [-0.1, -0.05) is 22.0 Å². The molecule has 3 nitrogen and oxygen atoms in total. The van der Waals surface area contributed by atoms with Crippen molar-refractivity contribution < 1.29 is 22.6 Å². The van der Waals surface area contributed by atoms with E-state index in [1.807, 2.05) is 0 Å². The van der Waals surface area contributed by atoms with Gasteiger partial charge in [0.05, 0.1) is 6.10 Å². The lowest BCUT2D eigenvalue weighted by Gasteiger charge is -2.20. The second kappa shape index (κ2) is 6.32. The van der Waals surface area contributed by atoms with Gasteiger partial charge < -0.3 is 9.47 Å². The van der Waals surface area contributed by atoms with Gasteiger partial charge >= 0.3 is 6.36 Å². The van der Waals surface area contributed by atoms with Crippen molar-refractivity contribution in [1.82, 2.24) is 4.90 Å². The first-order valence-corrected chi connectivity index (χ1v) is 6.96. The molecule has 0 unspecified atom stereocenters. The Morgan fingerprint density at radius 1 is 1.40 bits per heavy atom. The van der Waals surface area contributed by atoms with Crippen LogP contribution in [0.25, 0.3) is 0 Å². The molecular weight excluding hydrogens is 339 g/mol. The van der Waals surface area contributed by atoms with Crippen molar-refractivity contribution >= 4 is 15.9 Å². The average molecular weight is 354 g/mol. The van der Waals surface area contributed by atoms with Crippen LogP contribution < -0.4 is 4.74 Å². The van der Waals surface area contributed by atoms with Crippen molar-refractivity contribution in [3.63, 3.8) is 0 Å². The largest absolute Gasteiger partial charge is 0.573 e. The summed E-state index contributed by atoms with van der Waals surface area (Å²) in [6, 6.07) is 4.57. The van der Waals surface area contributed by atoms with Crippen LogP contribution in [0, 0.1) is 0 Å². The van der Waals surface area contributed by atoms with Crippen molar-refractivity contribution in [2.45, 2.75) is 25.4 Å². The van der Waals surface area contributed by atoms with E-state index in [-0.39, 0.29) is 11.9 Å². The van der Waals surface area contributed by atoms with Crippen molar-refractivity contribution in [1.29, 1.82) is 0 Å². The molecule has 1 aromatic rings. The quantitative estimate of drug-likeness (QED) is 0.825. The Morgan fingerprint density at radius 3 is 2.75 bits per heavy atom. The van der Waals surface area contributed by atoms with E-state index < -0.39 is 6.36 Å². The predicted octanol–water partition coefficient (Wildman–Crippen LogP) is 3.57. The van der Waals surface area contributed by atoms with Gasteiger partial charge in [-0.25, -0.2) is 0 Å². The number of rotatable bonds is 4. The van der Waals surface area contributed by atoms with Crippen LogP contribution in [0.2, 0.25) is 0 Å². The Bertz CT molecular complexity index is 467. The standard InChI is InChI=1S/C13H15BrF3NO2/c1-19-9-5-6-18(7-9)8-10-11(14)3-2-4-12(10)20-13(15,16)17/h2-4,9H,5-8H2,1H3/t9-/m1/s1. The molecule has 0 radical (unpaired) electrons. The van der Waals surface area contributed by atoms with Crippen molar-refractivity contribution in [3.05, 3.63) is 28.2 Å². The first-order valence-electron chi connectivity index (χ1n) is 6.17. The summed E-state index contributed by atoms with van der Waals surface area (Å²) < 4.78 is 47.2. The molecule has 1 aliphatic heterocycles. The summed E-state index contributed by atoms with van der Waals surface area (Å²) in [5.74, 6) is -0.159. The Kier molecular flexibility index (Phi) is 4.93.